The molecular formula is C15H18ClNO4S. The molecule has 7 heteroatoms. The minimum absolute atomic E-state index is 0.311. The van der Waals surface area contributed by atoms with Gasteiger partial charge >= 0.3 is 12.1 Å². The standard InChI is InChI=1S/C15H18ClNO4S/c1-15(2,3)21-14(20)17-11(13(18)19)8-22-12(17)9-5-4-6-10(16)7-9/h4-7,11-12H,8H2,1-3H3,(H,18,19). The number of benzene rings is 1. The average Bonchev–Trinajstić information content (AvgIpc) is 2.81. The van der Waals surface area contributed by atoms with Crippen molar-refractivity contribution in [3.05, 3.63) is 34.9 Å². The number of carboxylic acids is 1. The molecule has 0 spiro atoms. The molecule has 5 nitrogen and oxygen atoms in total. The SMILES string of the molecule is CC(C)(C)OC(=O)N1C(C(=O)O)CSC1c1cccc(Cl)c1. The fourth-order valence-corrected chi connectivity index (χ4v) is 3.75. The summed E-state index contributed by atoms with van der Waals surface area (Å²) in [6.07, 6.45) is -0.630. The molecule has 0 saturated carbocycles. The Bertz CT molecular complexity index is 587. The highest BCUT2D eigenvalue weighted by atomic mass is 35.5. The second kappa shape index (κ2) is 6.38. The topological polar surface area (TPSA) is 66.8 Å². The summed E-state index contributed by atoms with van der Waals surface area (Å²) < 4.78 is 5.36. The molecule has 1 saturated heterocycles. The van der Waals surface area contributed by atoms with E-state index in [1.165, 1.54) is 16.7 Å². The summed E-state index contributed by atoms with van der Waals surface area (Å²) in [5.41, 5.74) is 0.0961. The Morgan fingerprint density at radius 3 is 2.64 bits per heavy atom. The second-order valence-corrected chi connectivity index (χ2v) is 7.53. The van der Waals surface area contributed by atoms with Crippen LogP contribution in [-0.2, 0) is 9.53 Å². The van der Waals surface area contributed by atoms with Crippen molar-refractivity contribution in [2.75, 3.05) is 5.75 Å². The van der Waals surface area contributed by atoms with Gasteiger partial charge in [0, 0.05) is 10.8 Å². The highest BCUT2D eigenvalue weighted by molar-refractivity contribution is 7.99. The van der Waals surface area contributed by atoms with Gasteiger partial charge in [0.15, 0.2) is 0 Å². The van der Waals surface area contributed by atoms with Gasteiger partial charge in [0.05, 0.1) is 0 Å². The summed E-state index contributed by atoms with van der Waals surface area (Å²) in [5, 5.41) is 9.48. The van der Waals surface area contributed by atoms with E-state index < -0.39 is 29.1 Å². The first-order valence-corrected chi connectivity index (χ1v) is 8.23. The summed E-state index contributed by atoms with van der Waals surface area (Å²) in [7, 11) is 0. The molecule has 2 unspecified atom stereocenters. The third-order valence-corrected chi connectivity index (χ3v) is 4.58. The van der Waals surface area contributed by atoms with Crippen molar-refractivity contribution in [2.24, 2.45) is 0 Å². The molecule has 1 heterocycles. The third-order valence-electron chi connectivity index (χ3n) is 3.02. The third kappa shape index (κ3) is 3.87. The van der Waals surface area contributed by atoms with Crippen molar-refractivity contribution in [1.29, 1.82) is 0 Å². The monoisotopic (exact) mass is 343 g/mol. The Balaban J connectivity index is 2.32. The van der Waals surface area contributed by atoms with E-state index in [4.69, 9.17) is 16.3 Å². The van der Waals surface area contributed by atoms with Crippen LogP contribution in [0.15, 0.2) is 24.3 Å². The Hall–Kier alpha value is -1.40. The predicted molar refractivity (Wildman–Crippen MR) is 86.1 cm³/mol. The summed E-state index contributed by atoms with van der Waals surface area (Å²) in [6, 6.07) is 6.16. The molecule has 0 aliphatic carbocycles. The lowest BCUT2D eigenvalue weighted by Gasteiger charge is -2.30. The first-order valence-electron chi connectivity index (χ1n) is 6.80. The van der Waals surface area contributed by atoms with E-state index in [-0.39, 0.29) is 0 Å². The maximum absolute atomic E-state index is 12.4. The number of aliphatic carboxylic acids is 1. The van der Waals surface area contributed by atoms with Gasteiger partial charge in [-0.05, 0) is 38.5 Å². The van der Waals surface area contributed by atoms with Crippen molar-refractivity contribution < 1.29 is 19.4 Å². The second-order valence-electron chi connectivity index (χ2n) is 5.98. The molecule has 2 atom stereocenters. The Labute approximate surface area is 138 Å². The fraction of sp³-hybridized carbons (Fsp3) is 0.467. The Kier molecular flexibility index (Phi) is 4.92. The Morgan fingerprint density at radius 2 is 2.09 bits per heavy atom. The number of halogens is 1. The van der Waals surface area contributed by atoms with Crippen LogP contribution in [0.5, 0.6) is 0 Å². The average molecular weight is 344 g/mol. The molecule has 1 aliphatic rings. The molecule has 0 radical (unpaired) electrons. The quantitative estimate of drug-likeness (QED) is 0.885. The normalized spacial score (nSPS) is 21.7. The minimum atomic E-state index is -1.04. The molecule has 1 aromatic carbocycles. The van der Waals surface area contributed by atoms with E-state index in [1.54, 1.807) is 39.0 Å². The molecule has 1 aliphatic heterocycles. The smallest absolute Gasteiger partial charge is 0.412 e. The molecular weight excluding hydrogens is 326 g/mol. The number of rotatable bonds is 2. The van der Waals surface area contributed by atoms with Crippen molar-refractivity contribution in [3.63, 3.8) is 0 Å². The van der Waals surface area contributed by atoms with Gasteiger partial charge < -0.3 is 9.84 Å². The molecule has 0 aromatic heterocycles. The number of hydrogen-bond acceptors (Lipinski definition) is 4. The van der Waals surface area contributed by atoms with Gasteiger partial charge in [-0.15, -0.1) is 11.8 Å². The summed E-state index contributed by atoms with van der Waals surface area (Å²) in [4.78, 5) is 25.2. The van der Waals surface area contributed by atoms with Crippen LogP contribution in [0.1, 0.15) is 31.7 Å². The zero-order chi connectivity index (χ0) is 16.5. The van der Waals surface area contributed by atoms with E-state index in [9.17, 15) is 14.7 Å². The largest absolute Gasteiger partial charge is 0.480 e. The first kappa shape index (κ1) is 17.0. The van der Waals surface area contributed by atoms with Crippen LogP contribution >= 0.6 is 23.4 Å². The molecule has 1 amide bonds. The maximum atomic E-state index is 12.4. The van der Waals surface area contributed by atoms with Gasteiger partial charge in [-0.1, -0.05) is 23.7 Å². The van der Waals surface area contributed by atoms with Gasteiger partial charge in [-0.2, -0.15) is 0 Å². The van der Waals surface area contributed by atoms with E-state index in [0.29, 0.717) is 10.8 Å². The number of carbonyl (C=O) groups excluding carboxylic acids is 1. The van der Waals surface area contributed by atoms with Crippen molar-refractivity contribution >= 4 is 35.4 Å². The number of carbonyl (C=O) groups is 2. The van der Waals surface area contributed by atoms with Gasteiger partial charge in [-0.25, -0.2) is 9.59 Å². The molecule has 22 heavy (non-hydrogen) atoms. The van der Waals surface area contributed by atoms with Crippen LogP contribution in [0.2, 0.25) is 5.02 Å². The number of ether oxygens (including phenoxy) is 1. The molecule has 120 valence electrons. The van der Waals surface area contributed by atoms with Gasteiger partial charge in [-0.3, -0.25) is 4.90 Å². The van der Waals surface area contributed by atoms with Crippen molar-refractivity contribution in [1.82, 2.24) is 4.90 Å². The maximum Gasteiger partial charge on any atom is 0.412 e. The van der Waals surface area contributed by atoms with Gasteiger partial charge in [0.2, 0.25) is 0 Å². The lowest BCUT2D eigenvalue weighted by molar-refractivity contribution is -0.142. The van der Waals surface area contributed by atoms with E-state index in [1.807, 2.05) is 6.07 Å². The Morgan fingerprint density at radius 1 is 1.41 bits per heavy atom. The molecule has 0 bridgehead atoms. The summed E-state index contributed by atoms with van der Waals surface area (Å²) in [6.45, 7) is 5.24. The van der Waals surface area contributed by atoms with E-state index in [2.05, 4.69) is 0 Å². The molecule has 1 fully saturated rings. The van der Waals surface area contributed by atoms with Crippen LogP contribution in [0, 0.1) is 0 Å². The summed E-state index contributed by atoms with van der Waals surface area (Å²) >= 11 is 7.38. The molecule has 2 rings (SSSR count). The number of amides is 1. The minimum Gasteiger partial charge on any atom is -0.480 e. The van der Waals surface area contributed by atoms with Crippen LogP contribution in [-0.4, -0.2) is 39.5 Å². The fourth-order valence-electron chi connectivity index (χ4n) is 2.15. The molecule has 1 N–H and O–H groups in total. The van der Waals surface area contributed by atoms with Crippen molar-refractivity contribution in [3.8, 4) is 0 Å². The van der Waals surface area contributed by atoms with Crippen LogP contribution < -0.4 is 0 Å². The first-order chi connectivity index (χ1) is 10.2. The number of hydrogen-bond donors (Lipinski definition) is 1. The summed E-state index contributed by atoms with van der Waals surface area (Å²) in [5.74, 6) is -0.728. The van der Waals surface area contributed by atoms with Gasteiger partial charge in [0.1, 0.15) is 17.0 Å². The number of nitrogens with zero attached hydrogens (tertiary/aromatic N) is 1. The molecule has 1 aromatic rings. The predicted octanol–water partition coefficient (Wildman–Crippen LogP) is 3.78. The zero-order valence-electron chi connectivity index (χ0n) is 12.6. The lowest BCUT2D eigenvalue weighted by atomic mass is 10.2. The van der Waals surface area contributed by atoms with E-state index >= 15 is 0 Å². The lowest BCUT2D eigenvalue weighted by Crippen LogP contribution is -2.45. The van der Waals surface area contributed by atoms with Crippen molar-refractivity contribution in [2.45, 2.75) is 37.8 Å². The highest BCUT2D eigenvalue weighted by Gasteiger charge is 2.44. The number of thioether (sulfide) groups is 1. The van der Waals surface area contributed by atoms with Crippen LogP contribution in [0.4, 0.5) is 4.79 Å². The van der Waals surface area contributed by atoms with Crippen LogP contribution in [0.3, 0.4) is 0 Å². The van der Waals surface area contributed by atoms with Gasteiger partial charge in [0.25, 0.3) is 0 Å². The van der Waals surface area contributed by atoms with Crippen LogP contribution in [0.25, 0.3) is 0 Å². The highest BCUT2D eigenvalue weighted by Crippen LogP contribution is 2.42. The van der Waals surface area contributed by atoms with E-state index in [0.717, 1.165) is 5.56 Å². The number of carboxylic acid groups (broad SMARTS) is 1. The zero-order valence-corrected chi connectivity index (χ0v) is 14.1.